The fourth-order valence-corrected chi connectivity index (χ4v) is 5.05. The third-order valence-electron chi connectivity index (χ3n) is 6.95. The van der Waals surface area contributed by atoms with E-state index in [1.165, 1.54) is 19.1 Å². The van der Waals surface area contributed by atoms with Crippen molar-refractivity contribution >= 4 is 29.2 Å². The molecule has 4 rings (SSSR count). The molecule has 0 atom stereocenters. The van der Waals surface area contributed by atoms with Crippen molar-refractivity contribution in [1.29, 1.82) is 5.41 Å². The van der Waals surface area contributed by atoms with E-state index in [9.17, 15) is 14.4 Å². The summed E-state index contributed by atoms with van der Waals surface area (Å²) in [6.07, 6.45) is 0.521. The number of carboxylic acids is 1. The standard InChI is InChI=1S/C27H30FN3O6/c1-27(2)12-21(33)31(9-5-6-22(34)35)18-8-7-15(10-17(18)27)19(32)14-30-13-16-11-20(36-3)25(37-4)24(28)23(16)26(30)29/h7-8,10-11,29H,5-6,9,12-14H2,1-4H3,(H,34,35). The SMILES string of the molecule is COc1cc2c(c(F)c1OC)C(=N)N(CC(=O)c1ccc3c(c1)C(C)(C)CC(=O)N3CCCC(=O)O)C2. The Labute approximate surface area is 214 Å². The number of methoxy groups -OCH3 is 2. The van der Waals surface area contributed by atoms with Gasteiger partial charge >= 0.3 is 5.97 Å². The first-order valence-electron chi connectivity index (χ1n) is 12.0. The van der Waals surface area contributed by atoms with E-state index in [1.54, 1.807) is 29.2 Å². The van der Waals surface area contributed by atoms with Crippen molar-refractivity contribution in [2.75, 3.05) is 32.2 Å². The van der Waals surface area contributed by atoms with Crippen LogP contribution in [0.2, 0.25) is 0 Å². The number of aliphatic carboxylic acids is 1. The molecule has 2 aliphatic rings. The summed E-state index contributed by atoms with van der Waals surface area (Å²) in [7, 11) is 2.73. The summed E-state index contributed by atoms with van der Waals surface area (Å²) in [5.41, 5.74) is 2.03. The van der Waals surface area contributed by atoms with Gasteiger partial charge < -0.3 is 24.4 Å². The van der Waals surface area contributed by atoms with Crippen LogP contribution in [0.4, 0.5) is 10.1 Å². The number of ketones is 1. The minimum absolute atomic E-state index is 0.0401. The van der Waals surface area contributed by atoms with Crippen LogP contribution in [-0.2, 0) is 21.5 Å². The highest BCUT2D eigenvalue weighted by atomic mass is 19.1. The van der Waals surface area contributed by atoms with Crippen molar-refractivity contribution in [3.63, 3.8) is 0 Å². The minimum Gasteiger partial charge on any atom is -0.493 e. The molecule has 0 unspecified atom stereocenters. The number of ether oxygens (including phenoxy) is 2. The second-order valence-corrected chi connectivity index (χ2v) is 9.92. The van der Waals surface area contributed by atoms with Gasteiger partial charge in [-0.2, -0.15) is 0 Å². The van der Waals surface area contributed by atoms with Crippen LogP contribution in [0, 0.1) is 11.2 Å². The molecule has 9 nitrogen and oxygen atoms in total. The molecule has 2 aliphatic heterocycles. The number of carboxylic acid groups (broad SMARTS) is 1. The summed E-state index contributed by atoms with van der Waals surface area (Å²) in [4.78, 5) is 40.1. The summed E-state index contributed by atoms with van der Waals surface area (Å²) in [6.45, 7) is 4.20. The molecule has 0 radical (unpaired) electrons. The highest BCUT2D eigenvalue weighted by molar-refractivity contribution is 6.06. The number of fused-ring (bicyclic) bond motifs is 2. The second-order valence-electron chi connectivity index (χ2n) is 9.92. The maximum atomic E-state index is 15.1. The Hall–Kier alpha value is -3.95. The number of halogens is 1. The minimum atomic E-state index is -0.919. The third-order valence-corrected chi connectivity index (χ3v) is 6.95. The van der Waals surface area contributed by atoms with E-state index in [0.717, 1.165) is 5.56 Å². The maximum Gasteiger partial charge on any atom is 0.303 e. The van der Waals surface area contributed by atoms with E-state index < -0.39 is 17.2 Å². The highest BCUT2D eigenvalue weighted by Gasteiger charge is 2.37. The first kappa shape index (κ1) is 26.1. The van der Waals surface area contributed by atoms with Crippen molar-refractivity contribution in [3.05, 3.63) is 52.3 Å². The van der Waals surface area contributed by atoms with Crippen LogP contribution < -0.4 is 14.4 Å². The largest absolute Gasteiger partial charge is 0.493 e. The number of anilines is 1. The van der Waals surface area contributed by atoms with Crippen LogP contribution in [0.25, 0.3) is 0 Å². The van der Waals surface area contributed by atoms with Gasteiger partial charge in [0.05, 0.1) is 26.3 Å². The van der Waals surface area contributed by atoms with E-state index in [-0.39, 0.29) is 67.1 Å². The Bertz CT molecular complexity index is 1310. The molecule has 0 spiro atoms. The first-order valence-corrected chi connectivity index (χ1v) is 12.0. The Kier molecular flexibility index (Phi) is 6.94. The van der Waals surface area contributed by atoms with E-state index >= 15 is 4.39 Å². The molecule has 0 aliphatic carbocycles. The lowest BCUT2D eigenvalue weighted by atomic mass is 9.76. The van der Waals surface area contributed by atoms with Crippen LogP contribution in [0.1, 0.15) is 60.2 Å². The smallest absolute Gasteiger partial charge is 0.303 e. The predicted octanol–water partition coefficient (Wildman–Crippen LogP) is 3.75. The zero-order chi connectivity index (χ0) is 27.1. The molecule has 0 bridgehead atoms. The van der Waals surface area contributed by atoms with E-state index in [1.807, 2.05) is 13.8 Å². The average molecular weight is 512 g/mol. The normalized spacial score (nSPS) is 15.9. The number of amidine groups is 1. The third kappa shape index (κ3) is 4.75. The molecule has 1 amide bonds. The van der Waals surface area contributed by atoms with Crippen LogP contribution in [0.5, 0.6) is 11.5 Å². The van der Waals surface area contributed by atoms with Gasteiger partial charge in [-0.25, -0.2) is 4.39 Å². The number of nitrogens with one attached hydrogen (secondary N) is 1. The quantitative estimate of drug-likeness (QED) is 0.492. The fourth-order valence-electron chi connectivity index (χ4n) is 5.05. The number of carbonyl (C=O) groups is 3. The first-order chi connectivity index (χ1) is 17.5. The van der Waals surface area contributed by atoms with Gasteiger partial charge in [0.1, 0.15) is 5.84 Å². The zero-order valence-electron chi connectivity index (χ0n) is 21.3. The monoisotopic (exact) mass is 511 g/mol. The Morgan fingerprint density at radius 1 is 1.19 bits per heavy atom. The second kappa shape index (κ2) is 9.84. The summed E-state index contributed by atoms with van der Waals surface area (Å²) in [5, 5.41) is 17.4. The van der Waals surface area contributed by atoms with Crippen molar-refractivity contribution in [2.45, 2.75) is 45.1 Å². The predicted molar refractivity (Wildman–Crippen MR) is 134 cm³/mol. The molecule has 2 aromatic rings. The molecule has 37 heavy (non-hydrogen) atoms. The van der Waals surface area contributed by atoms with Crippen molar-refractivity contribution in [1.82, 2.24) is 4.90 Å². The van der Waals surface area contributed by atoms with Crippen LogP contribution in [0.3, 0.4) is 0 Å². The molecular formula is C27H30FN3O6. The van der Waals surface area contributed by atoms with Crippen molar-refractivity contribution in [2.24, 2.45) is 0 Å². The molecule has 10 heteroatoms. The molecule has 2 heterocycles. The van der Waals surface area contributed by atoms with Gasteiger partial charge in [0.25, 0.3) is 0 Å². The molecular weight excluding hydrogens is 481 g/mol. The number of nitrogens with zero attached hydrogens (tertiary/aromatic N) is 2. The van der Waals surface area contributed by atoms with Crippen LogP contribution >= 0.6 is 0 Å². The number of hydrogen-bond acceptors (Lipinski definition) is 6. The lowest BCUT2D eigenvalue weighted by molar-refractivity contribution is -0.137. The summed E-state index contributed by atoms with van der Waals surface area (Å²) >= 11 is 0. The Balaban J connectivity index is 1.57. The van der Waals surface area contributed by atoms with Gasteiger partial charge in [-0.3, -0.25) is 19.8 Å². The van der Waals surface area contributed by atoms with Crippen LogP contribution in [-0.4, -0.2) is 60.8 Å². The van der Waals surface area contributed by atoms with E-state index in [0.29, 0.717) is 23.2 Å². The van der Waals surface area contributed by atoms with Gasteiger partial charge in [-0.05, 0) is 41.8 Å². The van der Waals surface area contributed by atoms with Gasteiger partial charge in [-0.1, -0.05) is 13.8 Å². The number of carbonyl (C=O) groups excluding carboxylic acids is 2. The lowest BCUT2D eigenvalue weighted by Gasteiger charge is -2.39. The Morgan fingerprint density at radius 3 is 2.57 bits per heavy atom. The number of benzene rings is 2. The molecule has 196 valence electrons. The van der Waals surface area contributed by atoms with Gasteiger partial charge in [0.15, 0.2) is 23.1 Å². The molecule has 0 aromatic heterocycles. The summed E-state index contributed by atoms with van der Waals surface area (Å²) in [6, 6.07) is 6.75. The number of amides is 1. The van der Waals surface area contributed by atoms with Crippen molar-refractivity contribution < 1.29 is 33.4 Å². The lowest BCUT2D eigenvalue weighted by Crippen LogP contribution is -2.42. The number of rotatable bonds is 9. The average Bonchev–Trinajstić information content (AvgIpc) is 3.15. The van der Waals surface area contributed by atoms with Gasteiger partial charge in [0, 0.05) is 42.6 Å². The Morgan fingerprint density at radius 2 is 1.92 bits per heavy atom. The number of hydrogen-bond donors (Lipinski definition) is 2. The molecule has 0 saturated heterocycles. The molecule has 2 aromatic carbocycles. The van der Waals surface area contributed by atoms with E-state index in [4.69, 9.17) is 20.0 Å². The van der Waals surface area contributed by atoms with Crippen LogP contribution in [0.15, 0.2) is 24.3 Å². The fraction of sp³-hybridized carbons (Fsp3) is 0.407. The van der Waals surface area contributed by atoms with E-state index in [2.05, 4.69) is 0 Å². The molecule has 0 fully saturated rings. The maximum absolute atomic E-state index is 15.1. The zero-order valence-corrected chi connectivity index (χ0v) is 21.3. The highest BCUT2D eigenvalue weighted by Crippen LogP contribution is 2.41. The van der Waals surface area contributed by atoms with Gasteiger partial charge in [0.2, 0.25) is 5.91 Å². The number of Topliss-reactive ketones (excluding diaryl/α,β-unsaturated/α-hetero) is 1. The van der Waals surface area contributed by atoms with Crippen molar-refractivity contribution in [3.8, 4) is 11.5 Å². The molecule has 0 saturated carbocycles. The molecule has 2 N–H and O–H groups in total. The summed E-state index contributed by atoms with van der Waals surface area (Å²) in [5.74, 6) is -1.91. The van der Waals surface area contributed by atoms with Gasteiger partial charge in [-0.15, -0.1) is 0 Å². The summed E-state index contributed by atoms with van der Waals surface area (Å²) < 4.78 is 25.4. The topological polar surface area (TPSA) is 120 Å².